The quantitative estimate of drug-likeness (QED) is 0.0546. The minimum absolute atomic E-state index is 0.369. The maximum Gasteiger partial charge on any atom is 0.351 e. The monoisotopic (exact) mass is 920 g/mol. The number of aromatic nitrogens is 2. The van der Waals surface area contributed by atoms with Crippen molar-refractivity contribution in [2.45, 2.75) is 50.6 Å². The molecule has 330 valence electrons. The van der Waals surface area contributed by atoms with Crippen molar-refractivity contribution in [2.24, 2.45) is 0 Å². The van der Waals surface area contributed by atoms with E-state index in [0.29, 0.717) is 83.6 Å². The number of hydrogen-bond donors (Lipinski definition) is 0. The van der Waals surface area contributed by atoms with E-state index in [0.717, 1.165) is 33.4 Å². The summed E-state index contributed by atoms with van der Waals surface area (Å²) in [6, 6.07) is 30.9. The average Bonchev–Trinajstić information content (AvgIpc) is 3.31. The molecule has 0 aliphatic heterocycles. The van der Waals surface area contributed by atoms with Crippen LogP contribution in [0.4, 0.5) is 11.4 Å². The molecule has 0 saturated heterocycles. The summed E-state index contributed by atoms with van der Waals surface area (Å²) in [6.07, 6.45) is 6.53. The van der Waals surface area contributed by atoms with E-state index in [1.165, 1.54) is 21.0 Å². The highest BCUT2D eigenvalue weighted by molar-refractivity contribution is 7.80. The smallest absolute Gasteiger partial charge is 0.351 e. The van der Waals surface area contributed by atoms with Gasteiger partial charge in [0.05, 0.1) is 54.3 Å². The lowest BCUT2D eigenvalue weighted by atomic mass is 9.87. The number of halogens is 1. The Kier molecular flexibility index (Phi) is 14.0. The van der Waals surface area contributed by atoms with Crippen LogP contribution >= 0.6 is 11.6 Å². The number of methoxy groups -OCH3 is 1. The number of ether oxygens (including phenoxy) is 4. The van der Waals surface area contributed by atoms with Gasteiger partial charge in [0.25, 0.3) is 0 Å². The highest BCUT2D eigenvalue weighted by Gasteiger charge is 2.31. The molecule has 0 bridgehead atoms. The number of carbonyl (C=O) groups excluding carboxylic acids is 2. The Balaban J connectivity index is 0.894. The van der Waals surface area contributed by atoms with Crippen molar-refractivity contribution in [3.63, 3.8) is 0 Å². The van der Waals surface area contributed by atoms with E-state index in [-0.39, 0.29) is 0 Å². The van der Waals surface area contributed by atoms with Gasteiger partial charge in [-0.1, -0.05) is 66.2 Å². The van der Waals surface area contributed by atoms with Gasteiger partial charge >= 0.3 is 11.9 Å². The molecule has 4 unspecified atom stereocenters. The predicted octanol–water partition coefficient (Wildman–Crippen LogP) is 8.36. The second-order valence-electron chi connectivity index (χ2n) is 15.0. The lowest BCUT2D eigenvalue weighted by Crippen LogP contribution is -2.33. The lowest BCUT2D eigenvalue weighted by molar-refractivity contribution is -0.162. The molecule has 0 spiro atoms. The Bertz CT molecular complexity index is 2710. The first-order valence-electron chi connectivity index (χ1n) is 20.4. The minimum Gasteiger partial charge on any atom is -0.755 e. The molecule has 2 aliphatic carbocycles. The maximum absolute atomic E-state index is 12.9. The molecule has 4 atom stereocenters. The molecule has 2 heterocycles. The highest BCUT2D eigenvalue weighted by atomic mass is 35.5. The summed E-state index contributed by atoms with van der Waals surface area (Å²) in [6.45, 7) is -1.17. The predicted molar refractivity (Wildman–Crippen MR) is 240 cm³/mol. The second-order valence-corrected chi connectivity index (χ2v) is 17.1. The minimum atomic E-state index is -2.66. The van der Waals surface area contributed by atoms with Crippen molar-refractivity contribution in [3.8, 4) is 39.8 Å². The van der Waals surface area contributed by atoms with Gasteiger partial charge in [0.2, 0.25) is 0 Å². The summed E-state index contributed by atoms with van der Waals surface area (Å²) in [7, 11) is 1.58. The first kappa shape index (κ1) is 44.4. The average molecular weight is 921 g/mol. The molecule has 0 fully saturated rings. The number of anilines is 2. The van der Waals surface area contributed by atoms with Crippen molar-refractivity contribution >= 4 is 57.4 Å². The van der Waals surface area contributed by atoms with Gasteiger partial charge in [-0.05, 0) is 115 Å². The normalized spacial score (nSPS) is 16.3. The van der Waals surface area contributed by atoms with Crippen LogP contribution in [0.15, 0.2) is 122 Å². The van der Waals surface area contributed by atoms with Crippen LogP contribution in [0.2, 0.25) is 5.02 Å². The summed E-state index contributed by atoms with van der Waals surface area (Å²) in [5.41, 5.74) is 6.49. The van der Waals surface area contributed by atoms with Gasteiger partial charge < -0.3 is 28.1 Å². The molecule has 17 heteroatoms. The van der Waals surface area contributed by atoms with E-state index in [1.807, 2.05) is 54.6 Å². The molecule has 2 aliphatic rings. The Morgan fingerprint density at radius 1 is 0.688 bits per heavy atom. The van der Waals surface area contributed by atoms with Crippen molar-refractivity contribution in [1.29, 1.82) is 0 Å². The van der Waals surface area contributed by atoms with Crippen LogP contribution in [0.1, 0.15) is 60.0 Å². The summed E-state index contributed by atoms with van der Waals surface area (Å²) < 4.78 is 75.7. The van der Waals surface area contributed by atoms with E-state index < -0.39 is 59.8 Å². The van der Waals surface area contributed by atoms with Crippen molar-refractivity contribution in [2.75, 3.05) is 28.9 Å². The number of nitrogens with zero attached hydrogens (tertiary/aromatic N) is 4. The Morgan fingerprint density at radius 2 is 1.22 bits per heavy atom. The van der Waals surface area contributed by atoms with Crippen LogP contribution in [-0.2, 0) is 49.7 Å². The molecule has 6 aromatic rings. The van der Waals surface area contributed by atoms with E-state index in [9.17, 15) is 27.1 Å². The first-order valence-corrected chi connectivity index (χ1v) is 22.8. The van der Waals surface area contributed by atoms with Gasteiger partial charge in [-0.15, -0.1) is 0 Å². The molecular formula is C47H41ClN4O10S2-2. The topological polar surface area (TPSA) is 184 Å². The number of pyridine rings is 2. The van der Waals surface area contributed by atoms with Crippen molar-refractivity contribution < 1.29 is 46.1 Å². The van der Waals surface area contributed by atoms with Crippen LogP contribution in [-0.4, -0.2) is 59.8 Å². The molecular weight excluding hydrogens is 880 g/mol. The molecule has 0 radical (unpaired) electrons. The zero-order valence-corrected chi connectivity index (χ0v) is 36.8. The van der Waals surface area contributed by atoms with Crippen LogP contribution in [0.5, 0.6) is 17.2 Å². The third-order valence-electron chi connectivity index (χ3n) is 11.2. The SMILES string of the molecule is COc1cccc(-c2ccc(N(C3CCCc4c(OCC(=O)OC(=O)COc5cccc6c5CCCC6N(c5ccc(-c6ccccc6Cl)nc5)S(=O)[O-])cccc43)S(=O)[O-])cn2)c1. The van der Waals surface area contributed by atoms with Crippen molar-refractivity contribution in [1.82, 2.24) is 9.97 Å². The number of hydrogen-bond acceptors (Lipinski definition) is 12. The maximum atomic E-state index is 12.9. The molecule has 0 saturated carbocycles. The van der Waals surface area contributed by atoms with Crippen LogP contribution in [0.3, 0.4) is 0 Å². The van der Waals surface area contributed by atoms with Gasteiger partial charge in [0, 0.05) is 38.7 Å². The Morgan fingerprint density at radius 3 is 1.72 bits per heavy atom. The molecule has 2 aromatic heterocycles. The van der Waals surface area contributed by atoms with Gasteiger partial charge in [0.1, 0.15) is 17.2 Å². The lowest BCUT2D eigenvalue weighted by Gasteiger charge is -2.38. The summed E-state index contributed by atoms with van der Waals surface area (Å²) in [4.78, 5) is 34.8. The van der Waals surface area contributed by atoms with E-state index in [1.54, 1.807) is 61.7 Å². The second kappa shape index (κ2) is 20.1. The molecule has 64 heavy (non-hydrogen) atoms. The number of esters is 2. The van der Waals surface area contributed by atoms with Crippen molar-refractivity contribution in [3.05, 3.63) is 149 Å². The number of benzene rings is 4. The fraction of sp³-hybridized carbons (Fsp3) is 0.234. The zero-order chi connectivity index (χ0) is 44.7. The molecule has 14 nitrogen and oxygen atoms in total. The van der Waals surface area contributed by atoms with Gasteiger partial charge in [0.15, 0.2) is 13.2 Å². The summed E-state index contributed by atoms with van der Waals surface area (Å²) >= 11 is 1.05. The molecule has 8 rings (SSSR count). The fourth-order valence-corrected chi connectivity index (χ4v) is 10.00. The third kappa shape index (κ3) is 9.81. The van der Waals surface area contributed by atoms with Gasteiger partial charge in [-0.3, -0.25) is 27.0 Å². The van der Waals surface area contributed by atoms with Gasteiger partial charge in [-0.2, -0.15) is 0 Å². The highest BCUT2D eigenvalue weighted by Crippen LogP contribution is 2.43. The summed E-state index contributed by atoms with van der Waals surface area (Å²) in [5, 5.41) is 0.525. The summed E-state index contributed by atoms with van der Waals surface area (Å²) in [5.74, 6) is -0.472. The van der Waals surface area contributed by atoms with Crippen LogP contribution < -0.4 is 22.8 Å². The number of carbonyl (C=O) groups is 2. The Labute approximate surface area is 380 Å². The third-order valence-corrected chi connectivity index (χ3v) is 13.1. The molecule has 0 N–H and O–H groups in total. The first-order chi connectivity index (χ1) is 31.1. The number of fused-ring (bicyclic) bond motifs is 2. The van der Waals surface area contributed by atoms with Crippen LogP contribution in [0.25, 0.3) is 22.5 Å². The molecule has 0 amide bonds. The zero-order valence-electron chi connectivity index (χ0n) is 34.4. The number of rotatable bonds is 15. The fourth-order valence-electron chi connectivity index (χ4n) is 8.35. The standard InChI is InChI=1S/C47H43ClN4O10S2/c1-59-33-10-4-9-30(25-33)40-23-21-31(26-49-40)51(63(55)56)42-17-5-14-36-34(42)12-7-19-44(36)60-28-46(53)62-47(54)29-61-45-20-8-13-35-37(45)15-6-18-43(35)52(64(57)58)32-22-24-41(50-27-32)38-11-2-3-16-39(38)48/h2-4,7-13,16,19-27,42-43H,5-6,14-15,17-18,28-29H2,1H3,(H,55,56)(H,57,58)/p-2. The van der Waals surface area contributed by atoms with E-state index >= 15 is 0 Å². The van der Waals surface area contributed by atoms with Crippen LogP contribution in [0, 0.1) is 0 Å². The van der Waals surface area contributed by atoms with Gasteiger partial charge in [-0.25, -0.2) is 9.59 Å². The van der Waals surface area contributed by atoms with E-state index in [4.69, 9.17) is 30.5 Å². The van der Waals surface area contributed by atoms with E-state index in [2.05, 4.69) is 9.97 Å². The largest absolute Gasteiger partial charge is 0.755 e. The Hall–Kier alpha value is -6.17. The molecule has 4 aromatic carbocycles.